The molecule has 0 fully saturated rings. The molecule has 0 spiro atoms. The quantitative estimate of drug-likeness (QED) is 0.741. The lowest BCUT2D eigenvalue weighted by Gasteiger charge is -1.97. The van der Waals surface area contributed by atoms with Gasteiger partial charge in [-0.2, -0.15) is 5.10 Å². The van der Waals surface area contributed by atoms with Crippen LogP contribution in [-0.4, -0.2) is 19.7 Å². The van der Waals surface area contributed by atoms with Gasteiger partial charge in [0, 0.05) is 6.42 Å². The predicted molar refractivity (Wildman–Crippen MR) is 68.9 cm³/mol. The second kappa shape index (κ2) is 4.10. The third kappa shape index (κ3) is 1.69. The maximum Gasteiger partial charge on any atom is 0.279 e. The van der Waals surface area contributed by atoms with Gasteiger partial charge in [0.1, 0.15) is 11.3 Å². The molecular formula is C13H12N4O. The van der Waals surface area contributed by atoms with Gasteiger partial charge in [-0.05, 0) is 12.1 Å². The highest BCUT2D eigenvalue weighted by molar-refractivity contribution is 5.72. The Balaban J connectivity index is 2.23. The van der Waals surface area contributed by atoms with Crippen LogP contribution in [0.2, 0.25) is 0 Å². The molecule has 1 N–H and O–H groups in total. The Morgan fingerprint density at radius 2 is 2.06 bits per heavy atom. The van der Waals surface area contributed by atoms with Gasteiger partial charge >= 0.3 is 0 Å². The Morgan fingerprint density at radius 3 is 2.78 bits per heavy atom. The number of para-hydroxylation sites is 1. The van der Waals surface area contributed by atoms with Crippen LogP contribution >= 0.6 is 0 Å². The number of nitrogens with one attached hydrogen (secondary N) is 1. The second-order valence-corrected chi connectivity index (χ2v) is 4.01. The molecule has 3 rings (SSSR count). The Bertz CT molecular complexity index is 743. The number of hydrogen-bond acceptors (Lipinski definition) is 3. The van der Waals surface area contributed by atoms with Gasteiger partial charge in [-0.15, -0.1) is 0 Å². The molecule has 0 aliphatic carbocycles. The number of nitrogens with zero attached hydrogens (tertiary/aromatic N) is 3. The first-order chi connectivity index (χ1) is 8.78. The monoisotopic (exact) mass is 240 g/mol. The first-order valence-electron chi connectivity index (χ1n) is 5.82. The Kier molecular flexibility index (Phi) is 2.44. The maximum absolute atomic E-state index is 11.8. The summed E-state index contributed by atoms with van der Waals surface area (Å²) in [5, 5.41) is 4.27. The van der Waals surface area contributed by atoms with E-state index in [0.717, 1.165) is 5.69 Å². The number of aryl methyl sites for hydroxylation is 1. The number of aromatic amines is 1. The number of aromatic nitrogens is 4. The number of hydrogen-bond donors (Lipinski definition) is 1. The average Bonchev–Trinajstić information content (AvgIpc) is 2.84. The van der Waals surface area contributed by atoms with Crippen molar-refractivity contribution in [1.29, 1.82) is 0 Å². The minimum Gasteiger partial charge on any atom is -0.309 e. The summed E-state index contributed by atoms with van der Waals surface area (Å²) in [5.41, 5.74) is 1.72. The highest BCUT2D eigenvalue weighted by atomic mass is 16.1. The molecule has 18 heavy (non-hydrogen) atoms. The van der Waals surface area contributed by atoms with Crippen LogP contribution in [0.3, 0.4) is 0 Å². The molecule has 0 radical (unpaired) electrons. The third-order valence-electron chi connectivity index (χ3n) is 2.78. The molecule has 5 nitrogen and oxygen atoms in total. The standard InChI is InChI=1S/C13H12N4O/c1-2-11-14-10-8-17(9-6-4-3-5-7-9)16-12(10)13(18)15-11/h3-8H,2H2,1H3,(H,14,15,18). The van der Waals surface area contributed by atoms with Crippen LogP contribution in [0, 0.1) is 0 Å². The van der Waals surface area contributed by atoms with Crippen LogP contribution < -0.4 is 5.56 Å². The van der Waals surface area contributed by atoms with E-state index < -0.39 is 0 Å². The van der Waals surface area contributed by atoms with E-state index in [1.54, 1.807) is 10.9 Å². The molecule has 2 aromatic heterocycles. The minimum atomic E-state index is -0.188. The van der Waals surface area contributed by atoms with Gasteiger partial charge < -0.3 is 4.98 Å². The lowest BCUT2D eigenvalue weighted by atomic mass is 10.3. The van der Waals surface area contributed by atoms with Crippen molar-refractivity contribution in [1.82, 2.24) is 19.7 Å². The summed E-state index contributed by atoms with van der Waals surface area (Å²) >= 11 is 0. The van der Waals surface area contributed by atoms with Crippen molar-refractivity contribution < 1.29 is 0 Å². The zero-order valence-electron chi connectivity index (χ0n) is 9.92. The van der Waals surface area contributed by atoms with Gasteiger partial charge in [0.05, 0.1) is 11.9 Å². The summed E-state index contributed by atoms with van der Waals surface area (Å²) < 4.78 is 1.67. The zero-order chi connectivity index (χ0) is 12.5. The fourth-order valence-corrected chi connectivity index (χ4v) is 1.85. The molecule has 0 unspecified atom stereocenters. The summed E-state index contributed by atoms with van der Waals surface area (Å²) in [6.07, 6.45) is 2.47. The lowest BCUT2D eigenvalue weighted by Crippen LogP contribution is -2.11. The first-order valence-corrected chi connectivity index (χ1v) is 5.82. The van der Waals surface area contributed by atoms with Crippen molar-refractivity contribution in [2.24, 2.45) is 0 Å². The molecule has 2 heterocycles. The van der Waals surface area contributed by atoms with Crippen LogP contribution in [0.25, 0.3) is 16.7 Å². The fourth-order valence-electron chi connectivity index (χ4n) is 1.85. The van der Waals surface area contributed by atoms with Crippen LogP contribution in [0.1, 0.15) is 12.7 Å². The molecule has 3 aromatic rings. The van der Waals surface area contributed by atoms with Crippen LogP contribution in [0.15, 0.2) is 41.3 Å². The third-order valence-corrected chi connectivity index (χ3v) is 2.78. The summed E-state index contributed by atoms with van der Waals surface area (Å²) in [7, 11) is 0. The van der Waals surface area contributed by atoms with Gasteiger partial charge in [-0.1, -0.05) is 25.1 Å². The predicted octanol–water partition coefficient (Wildman–Crippen LogP) is 1.67. The van der Waals surface area contributed by atoms with Crippen molar-refractivity contribution in [3.05, 3.63) is 52.7 Å². The van der Waals surface area contributed by atoms with Crippen LogP contribution in [0.4, 0.5) is 0 Å². The van der Waals surface area contributed by atoms with Gasteiger partial charge in [-0.25, -0.2) is 9.67 Å². The minimum absolute atomic E-state index is 0.188. The summed E-state index contributed by atoms with van der Waals surface area (Å²) in [6, 6.07) is 9.65. The van der Waals surface area contributed by atoms with E-state index >= 15 is 0 Å². The van der Waals surface area contributed by atoms with E-state index in [0.29, 0.717) is 23.3 Å². The largest absolute Gasteiger partial charge is 0.309 e. The van der Waals surface area contributed by atoms with Crippen molar-refractivity contribution in [2.75, 3.05) is 0 Å². The van der Waals surface area contributed by atoms with E-state index in [9.17, 15) is 4.79 Å². The van der Waals surface area contributed by atoms with Crippen LogP contribution in [0.5, 0.6) is 0 Å². The molecule has 0 saturated carbocycles. The summed E-state index contributed by atoms with van der Waals surface area (Å²) in [4.78, 5) is 18.9. The van der Waals surface area contributed by atoms with Crippen LogP contribution in [-0.2, 0) is 6.42 Å². The van der Waals surface area contributed by atoms with Gasteiger partial charge in [0.2, 0.25) is 0 Å². The normalized spacial score (nSPS) is 10.9. The van der Waals surface area contributed by atoms with Crippen molar-refractivity contribution in [3.8, 4) is 5.69 Å². The first kappa shape index (κ1) is 10.7. The Hall–Kier alpha value is -2.43. The summed E-state index contributed by atoms with van der Waals surface area (Å²) in [6.45, 7) is 1.95. The molecule has 0 bridgehead atoms. The number of H-pyrrole nitrogens is 1. The van der Waals surface area contributed by atoms with Crippen molar-refractivity contribution in [3.63, 3.8) is 0 Å². The molecule has 0 aliphatic heterocycles. The molecular weight excluding hydrogens is 228 g/mol. The highest BCUT2D eigenvalue weighted by Gasteiger charge is 2.08. The lowest BCUT2D eigenvalue weighted by molar-refractivity contribution is 0.892. The SMILES string of the molecule is CCc1nc2cn(-c3ccccc3)nc2c(=O)[nH]1. The molecule has 0 atom stereocenters. The summed E-state index contributed by atoms with van der Waals surface area (Å²) in [5.74, 6) is 0.681. The smallest absolute Gasteiger partial charge is 0.279 e. The fraction of sp³-hybridized carbons (Fsp3) is 0.154. The van der Waals surface area contributed by atoms with E-state index in [1.165, 1.54) is 0 Å². The highest BCUT2D eigenvalue weighted by Crippen LogP contribution is 2.10. The zero-order valence-corrected chi connectivity index (χ0v) is 9.92. The molecule has 0 saturated heterocycles. The average molecular weight is 240 g/mol. The van der Waals surface area contributed by atoms with E-state index in [4.69, 9.17) is 0 Å². The molecule has 90 valence electrons. The maximum atomic E-state index is 11.8. The van der Waals surface area contributed by atoms with E-state index in [2.05, 4.69) is 15.1 Å². The number of fused-ring (bicyclic) bond motifs is 1. The molecule has 0 amide bonds. The molecule has 0 aliphatic rings. The van der Waals surface area contributed by atoms with Gasteiger partial charge in [0.15, 0.2) is 5.52 Å². The second-order valence-electron chi connectivity index (χ2n) is 4.01. The van der Waals surface area contributed by atoms with Crippen molar-refractivity contribution in [2.45, 2.75) is 13.3 Å². The molecule has 5 heteroatoms. The number of benzene rings is 1. The van der Waals surface area contributed by atoms with Gasteiger partial charge in [-0.3, -0.25) is 4.79 Å². The molecule has 1 aromatic carbocycles. The van der Waals surface area contributed by atoms with Crippen molar-refractivity contribution >= 4 is 11.0 Å². The Morgan fingerprint density at radius 1 is 1.28 bits per heavy atom. The Labute approximate surface area is 103 Å². The van der Waals surface area contributed by atoms with E-state index in [-0.39, 0.29) is 5.56 Å². The number of rotatable bonds is 2. The van der Waals surface area contributed by atoms with E-state index in [1.807, 2.05) is 37.3 Å². The topological polar surface area (TPSA) is 63.6 Å². The van der Waals surface area contributed by atoms with Gasteiger partial charge in [0.25, 0.3) is 5.56 Å².